The van der Waals surface area contributed by atoms with Gasteiger partial charge in [-0.2, -0.15) is 0 Å². The van der Waals surface area contributed by atoms with Gasteiger partial charge in [-0.15, -0.1) is 0 Å². The number of rotatable bonds is 8. The molecule has 0 amide bonds. The molecule has 6 nitrogen and oxygen atoms in total. The number of nitrogens with one attached hydrogen (secondary N) is 1. The first-order valence-corrected chi connectivity index (χ1v) is 8.63. The molecular weight excluding hydrogens is 292 g/mol. The number of aldehydes is 1. The third kappa shape index (κ3) is 4.04. The second kappa shape index (κ2) is 6.71. The SMILES string of the molecule is CCCS(=O)(=O)CCCOc1cnc2[nH]cc(C=O)c2c1. The minimum atomic E-state index is -2.97. The summed E-state index contributed by atoms with van der Waals surface area (Å²) >= 11 is 0. The molecule has 0 saturated heterocycles. The lowest BCUT2D eigenvalue weighted by Crippen LogP contribution is -2.13. The number of hydrogen-bond donors (Lipinski definition) is 1. The van der Waals surface area contributed by atoms with Crippen molar-refractivity contribution in [2.24, 2.45) is 0 Å². The van der Waals surface area contributed by atoms with E-state index in [-0.39, 0.29) is 11.5 Å². The highest BCUT2D eigenvalue weighted by atomic mass is 32.2. The van der Waals surface area contributed by atoms with E-state index < -0.39 is 9.84 Å². The number of carbonyl (C=O) groups is 1. The van der Waals surface area contributed by atoms with Crippen LogP contribution in [0.5, 0.6) is 5.75 Å². The fraction of sp³-hybridized carbons (Fsp3) is 0.429. The van der Waals surface area contributed by atoms with Gasteiger partial charge in [-0.25, -0.2) is 13.4 Å². The molecule has 0 atom stereocenters. The van der Waals surface area contributed by atoms with Crippen molar-refractivity contribution in [1.82, 2.24) is 9.97 Å². The van der Waals surface area contributed by atoms with Crippen molar-refractivity contribution < 1.29 is 17.9 Å². The Labute approximate surface area is 123 Å². The van der Waals surface area contributed by atoms with Crippen LogP contribution in [-0.2, 0) is 9.84 Å². The molecule has 2 rings (SSSR count). The van der Waals surface area contributed by atoms with Crippen LogP contribution in [0.2, 0.25) is 0 Å². The van der Waals surface area contributed by atoms with Gasteiger partial charge in [-0.3, -0.25) is 4.79 Å². The predicted octanol–water partition coefficient (Wildman–Crippen LogP) is 1.97. The molecular formula is C14H18N2O4S. The fourth-order valence-corrected chi connectivity index (χ4v) is 3.45. The van der Waals surface area contributed by atoms with E-state index in [1.165, 1.54) is 0 Å². The molecule has 0 bridgehead atoms. The van der Waals surface area contributed by atoms with Crippen LogP contribution in [-0.4, -0.2) is 42.8 Å². The Bertz CT molecular complexity index is 722. The summed E-state index contributed by atoms with van der Waals surface area (Å²) in [5.41, 5.74) is 1.14. The van der Waals surface area contributed by atoms with E-state index in [9.17, 15) is 13.2 Å². The van der Waals surface area contributed by atoms with Crippen LogP contribution in [0.1, 0.15) is 30.1 Å². The second-order valence-electron chi connectivity index (χ2n) is 4.78. The Morgan fingerprint density at radius 1 is 1.38 bits per heavy atom. The minimum Gasteiger partial charge on any atom is -0.492 e. The molecule has 1 N–H and O–H groups in total. The molecule has 0 radical (unpaired) electrons. The monoisotopic (exact) mass is 310 g/mol. The van der Waals surface area contributed by atoms with Gasteiger partial charge in [-0.05, 0) is 18.9 Å². The van der Waals surface area contributed by atoms with E-state index in [4.69, 9.17) is 4.74 Å². The van der Waals surface area contributed by atoms with Crippen molar-refractivity contribution in [3.8, 4) is 5.75 Å². The van der Waals surface area contributed by atoms with Crippen molar-refractivity contribution in [1.29, 1.82) is 0 Å². The molecule has 2 aromatic rings. The first kappa shape index (κ1) is 15.5. The van der Waals surface area contributed by atoms with Crippen LogP contribution in [0.25, 0.3) is 11.0 Å². The molecule has 0 fully saturated rings. The molecule has 0 aliphatic carbocycles. The van der Waals surface area contributed by atoms with Gasteiger partial charge in [0.2, 0.25) is 0 Å². The van der Waals surface area contributed by atoms with Gasteiger partial charge >= 0.3 is 0 Å². The maximum atomic E-state index is 11.6. The number of aromatic amines is 1. The van der Waals surface area contributed by atoms with Crippen molar-refractivity contribution in [2.45, 2.75) is 19.8 Å². The van der Waals surface area contributed by atoms with E-state index in [2.05, 4.69) is 9.97 Å². The van der Waals surface area contributed by atoms with Crippen molar-refractivity contribution in [2.75, 3.05) is 18.1 Å². The Balaban J connectivity index is 1.93. The number of ether oxygens (including phenoxy) is 1. The average molecular weight is 310 g/mol. The summed E-state index contributed by atoms with van der Waals surface area (Å²) in [6, 6.07) is 1.73. The zero-order valence-corrected chi connectivity index (χ0v) is 12.6. The summed E-state index contributed by atoms with van der Waals surface area (Å²) in [7, 11) is -2.97. The standard InChI is InChI=1S/C14H18N2O4S/c1-2-5-21(18,19)6-3-4-20-12-7-13-11(10-17)8-15-14(13)16-9-12/h7-10H,2-6H2,1H3,(H,15,16). The average Bonchev–Trinajstić information content (AvgIpc) is 2.86. The third-order valence-corrected chi connectivity index (χ3v) is 4.99. The normalized spacial score (nSPS) is 11.7. The quantitative estimate of drug-likeness (QED) is 0.595. The summed E-state index contributed by atoms with van der Waals surface area (Å²) in [6.45, 7) is 2.15. The molecule has 0 spiro atoms. The van der Waals surface area contributed by atoms with E-state index in [0.29, 0.717) is 41.8 Å². The van der Waals surface area contributed by atoms with E-state index in [1.54, 1.807) is 18.5 Å². The molecule has 2 aromatic heterocycles. The lowest BCUT2D eigenvalue weighted by atomic mass is 10.2. The van der Waals surface area contributed by atoms with Gasteiger partial charge in [0.25, 0.3) is 0 Å². The highest BCUT2D eigenvalue weighted by Crippen LogP contribution is 2.20. The predicted molar refractivity (Wildman–Crippen MR) is 80.5 cm³/mol. The summed E-state index contributed by atoms with van der Waals surface area (Å²) in [5, 5.41) is 0.695. The van der Waals surface area contributed by atoms with E-state index >= 15 is 0 Å². The molecule has 0 unspecified atom stereocenters. The lowest BCUT2D eigenvalue weighted by Gasteiger charge is -2.06. The number of hydrogen-bond acceptors (Lipinski definition) is 5. The summed E-state index contributed by atoms with van der Waals surface area (Å²) in [4.78, 5) is 17.9. The summed E-state index contributed by atoms with van der Waals surface area (Å²) in [5.74, 6) is 0.866. The van der Waals surface area contributed by atoms with Crippen molar-refractivity contribution in [3.63, 3.8) is 0 Å². The van der Waals surface area contributed by atoms with Gasteiger partial charge < -0.3 is 9.72 Å². The van der Waals surface area contributed by atoms with Crippen LogP contribution in [0, 0.1) is 0 Å². The number of carbonyl (C=O) groups excluding carboxylic acids is 1. The molecule has 7 heteroatoms. The largest absolute Gasteiger partial charge is 0.492 e. The van der Waals surface area contributed by atoms with E-state index in [1.807, 2.05) is 6.92 Å². The van der Waals surface area contributed by atoms with E-state index in [0.717, 1.165) is 6.29 Å². The smallest absolute Gasteiger partial charge is 0.152 e. The highest BCUT2D eigenvalue weighted by molar-refractivity contribution is 7.91. The van der Waals surface area contributed by atoms with Gasteiger partial charge in [0.15, 0.2) is 6.29 Å². The van der Waals surface area contributed by atoms with Gasteiger partial charge in [0.1, 0.15) is 21.2 Å². The minimum absolute atomic E-state index is 0.125. The second-order valence-corrected chi connectivity index (χ2v) is 7.09. The zero-order chi connectivity index (χ0) is 15.3. The first-order valence-electron chi connectivity index (χ1n) is 6.81. The summed E-state index contributed by atoms with van der Waals surface area (Å²) in [6.07, 6.45) is 4.96. The molecule has 0 saturated carbocycles. The number of nitrogens with zero attached hydrogens (tertiary/aromatic N) is 1. The van der Waals surface area contributed by atoms with Crippen LogP contribution < -0.4 is 4.74 Å². The fourth-order valence-electron chi connectivity index (χ4n) is 2.06. The number of pyridine rings is 1. The lowest BCUT2D eigenvalue weighted by molar-refractivity contribution is 0.112. The molecule has 0 aliphatic rings. The first-order chi connectivity index (χ1) is 10.1. The van der Waals surface area contributed by atoms with Gasteiger partial charge in [0.05, 0.1) is 18.6 Å². The van der Waals surface area contributed by atoms with Crippen LogP contribution in [0.3, 0.4) is 0 Å². The van der Waals surface area contributed by atoms with Crippen molar-refractivity contribution >= 4 is 27.2 Å². The molecule has 2 heterocycles. The van der Waals surface area contributed by atoms with Crippen molar-refractivity contribution in [3.05, 3.63) is 24.0 Å². The Kier molecular flexibility index (Phi) is 4.95. The van der Waals surface area contributed by atoms with Gasteiger partial charge in [-0.1, -0.05) is 6.92 Å². The summed E-state index contributed by atoms with van der Waals surface area (Å²) < 4.78 is 28.6. The Hall–Kier alpha value is -1.89. The number of fused-ring (bicyclic) bond motifs is 1. The van der Waals surface area contributed by atoms with Gasteiger partial charge in [0, 0.05) is 22.9 Å². The topological polar surface area (TPSA) is 89.1 Å². The number of aromatic nitrogens is 2. The number of H-pyrrole nitrogens is 1. The number of sulfone groups is 1. The van der Waals surface area contributed by atoms with Crippen LogP contribution in [0.4, 0.5) is 0 Å². The molecule has 21 heavy (non-hydrogen) atoms. The van der Waals surface area contributed by atoms with Crippen LogP contribution in [0.15, 0.2) is 18.5 Å². The third-order valence-electron chi connectivity index (χ3n) is 3.05. The molecule has 114 valence electrons. The maximum absolute atomic E-state index is 11.6. The molecule has 0 aromatic carbocycles. The van der Waals surface area contributed by atoms with Crippen LogP contribution >= 0.6 is 0 Å². The highest BCUT2D eigenvalue weighted by Gasteiger charge is 2.09. The Morgan fingerprint density at radius 2 is 2.19 bits per heavy atom. The zero-order valence-electron chi connectivity index (χ0n) is 11.8. The maximum Gasteiger partial charge on any atom is 0.152 e. The Morgan fingerprint density at radius 3 is 2.90 bits per heavy atom. The molecule has 0 aliphatic heterocycles.